The zero-order valence-electron chi connectivity index (χ0n) is 15.2. The molecule has 0 aliphatic rings. The topological polar surface area (TPSA) is 18.5 Å². The van der Waals surface area contributed by atoms with Gasteiger partial charge in [-0.05, 0) is 62.8 Å². The highest BCUT2D eigenvalue weighted by atomic mass is 16.5. The molecule has 0 amide bonds. The lowest BCUT2D eigenvalue weighted by atomic mass is 10.1. The van der Waals surface area contributed by atoms with Gasteiger partial charge in [0.1, 0.15) is 11.5 Å². The molecule has 0 atom stereocenters. The van der Waals surface area contributed by atoms with Crippen molar-refractivity contribution in [2.24, 2.45) is 0 Å². The Balaban J connectivity index is 2.04. The van der Waals surface area contributed by atoms with Crippen LogP contribution in [0.2, 0.25) is 0 Å². The van der Waals surface area contributed by atoms with Crippen LogP contribution < -0.4 is 9.47 Å². The summed E-state index contributed by atoms with van der Waals surface area (Å²) in [6.45, 7) is 9.06. The molecule has 0 saturated carbocycles. The number of ether oxygens (including phenoxy) is 2. The molecule has 0 aliphatic heterocycles. The Morgan fingerprint density at radius 2 is 0.958 bits per heavy atom. The fraction of sp³-hybridized carbons (Fsp3) is 0.545. The van der Waals surface area contributed by atoms with Gasteiger partial charge in [0, 0.05) is 0 Å². The molecule has 0 bridgehead atoms. The minimum absolute atomic E-state index is 0.791. The van der Waals surface area contributed by atoms with Gasteiger partial charge < -0.3 is 9.47 Å². The van der Waals surface area contributed by atoms with Gasteiger partial charge in [-0.2, -0.15) is 0 Å². The molecule has 0 N–H and O–H groups in total. The maximum atomic E-state index is 5.76. The van der Waals surface area contributed by atoms with E-state index in [0.717, 1.165) is 50.4 Å². The van der Waals surface area contributed by atoms with E-state index in [1.807, 2.05) is 36.4 Å². The fourth-order valence-electron chi connectivity index (χ4n) is 2.50. The van der Waals surface area contributed by atoms with Gasteiger partial charge in [-0.1, -0.05) is 37.8 Å². The highest BCUT2D eigenvalue weighted by molar-refractivity contribution is 5.31. The zero-order chi connectivity index (χ0) is 17.3. The van der Waals surface area contributed by atoms with Crippen LogP contribution in [0, 0.1) is 0 Å². The smallest absolute Gasteiger partial charge is 0.119 e. The molecular formula is C22H34O2. The van der Waals surface area contributed by atoms with E-state index in [9.17, 15) is 0 Å². The third kappa shape index (κ3) is 10.9. The molecule has 24 heavy (non-hydrogen) atoms. The number of hydrogen-bond acceptors (Lipinski definition) is 2. The predicted molar refractivity (Wildman–Crippen MR) is 104 cm³/mol. The third-order valence-electron chi connectivity index (χ3n) is 3.97. The molecule has 1 aromatic carbocycles. The molecule has 1 rings (SSSR count). The first-order valence-electron chi connectivity index (χ1n) is 9.44. The van der Waals surface area contributed by atoms with Crippen molar-refractivity contribution in [3.05, 3.63) is 49.6 Å². The Labute approximate surface area is 148 Å². The molecule has 0 aliphatic carbocycles. The first-order chi connectivity index (χ1) is 11.9. The second-order valence-corrected chi connectivity index (χ2v) is 6.15. The minimum atomic E-state index is 0.791. The Kier molecular flexibility index (Phi) is 12.6. The number of rotatable bonds is 16. The molecule has 1 aromatic rings. The van der Waals surface area contributed by atoms with Gasteiger partial charge in [0.25, 0.3) is 0 Å². The monoisotopic (exact) mass is 330 g/mol. The van der Waals surface area contributed by atoms with E-state index in [1.165, 1.54) is 38.5 Å². The summed E-state index contributed by atoms with van der Waals surface area (Å²) >= 11 is 0. The maximum absolute atomic E-state index is 5.76. The molecule has 0 spiro atoms. The van der Waals surface area contributed by atoms with Crippen molar-refractivity contribution in [2.75, 3.05) is 13.2 Å². The van der Waals surface area contributed by atoms with Gasteiger partial charge in [-0.3, -0.25) is 0 Å². The van der Waals surface area contributed by atoms with E-state index in [1.54, 1.807) is 0 Å². The van der Waals surface area contributed by atoms with Crippen LogP contribution in [0.5, 0.6) is 11.5 Å². The standard InChI is InChI=1S/C22H34O2/c1-3-5-7-9-11-13-19-23-21-15-17-22(18-16-21)24-20-14-12-10-8-6-4-2/h3-4,15-18H,1-2,5-14,19-20H2. The van der Waals surface area contributed by atoms with Crippen molar-refractivity contribution >= 4 is 0 Å². The molecule has 0 saturated heterocycles. The normalized spacial score (nSPS) is 10.3. The van der Waals surface area contributed by atoms with Crippen LogP contribution in [0.25, 0.3) is 0 Å². The Hall–Kier alpha value is -1.70. The molecule has 0 radical (unpaired) electrons. The van der Waals surface area contributed by atoms with Crippen molar-refractivity contribution in [3.63, 3.8) is 0 Å². The SMILES string of the molecule is C=CCCCCCCOc1ccc(OCCCCCCC=C)cc1. The number of allylic oxidation sites excluding steroid dienone is 2. The van der Waals surface area contributed by atoms with Crippen molar-refractivity contribution in [1.29, 1.82) is 0 Å². The van der Waals surface area contributed by atoms with Gasteiger partial charge in [0.15, 0.2) is 0 Å². The summed E-state index contributed by atoms with van der Waals surface area (Å²) in [7, 11) is 0. The second-order valence-electron chi connectivity index (χ2n) is 6.15. The summed E-state index contributed by atoms with van der Waals surface area (Å²) in [5.74, 6) is 1.86. The van der Waals surface area contributed by atoms with Crippen molar-refractivity contribution in [1.82, 2.24) is 0 Å². The molecule has 0 aromatic heterocycles. The lowest BCUT2D eigenvalue weighted by Gasteiger charge is -2.09. The third-order valence-corrected chi connectivity index (χ3v) is 3.97. The first kappa shape index (κ1) is 20.3. The number of hydrogen-bond donors (Lipinski definition) is 0. The average molecular weight is 331 g/mol. The highest BCUT2D eigenvalue weighted by Gasteiger charge is 1.97. The minimum Gasteiger partial charge on any atom is -0.494 e. The lowest BCUT2D eigenvalue weighted by molar-refractivity contribution is 0.296. The van der Waals surface area contributed by atoms with Gasteiger partial charge in [0.2, 0.25) is 0 Å². The fourth-order valence-corrected chi connectivity index (χ4v) is 2.50. The lowest BCUT2D eigenvalue weighted by Crippen LogP contribution is -1.99. The average Bonchev–Trinajstić information content (AvgIpc) is 2.61. The number of benzene rings is 1. The zero-order valence-corrected chi connectivity index (χ0v) is 15.2. The summed E-state index contributed by atoms with van der Waals surface area (Å²) in [5, 5.41) is 0. The van der Waals surface area contributed by atoms with Crippen LogP contribution >= 0.6 is 0 Å². The van der Waals surface area contributed by atoms with Crippen molar-refractivity contribution in [3.8, 4) is 11.5 Å². The van der Waals surface area contributed by atoms with Crippen molar-refractivity contribution in [2.45, 2.75) is 64.2 Å². The van der Waals surface area contributed by atoms with E-state index >= 15 is 0 Å². The quantitative estimate of drug-likeness (QED) is 0.247. The Bertz CT molecular complexity index is 381. The van der Waals surface area contributed by atoms with E-state index in [-0.39, 0.29) is 0 Å². The summed E-state index contributed by atoms with van der Waals surface area (Å²) in [6.07, 6.45) is 15.9. The highest BCUT2D eigenvalue weighted by Crippen LogP contribution is 2.18. The largest absolute Gasteiger partial charge is 0.494 e. The number of unbranched alkanes of at least 4 members (excludes halogenated alkanes) is 8. The van der Waals surface area contributed by atoms with Gasteiger partial charge in [-0.15, -0.1) is 13.2 Å². The van der Waals surface area contributed by atoms with Crippen LogP contribution in [0.15, 0.2) is 49.6 Å². The Morgan fingerprint density at radius 1 is 0.583 bits per heavy atom. The second kappa shape index (κ2) is 14.9. The van der Waals surface area contributed by atoms with Crippen LogP contribution in [-0.2, 0) is 0 Å². The first-order valence-corrected chi connectivity index (χ1v) is 9.44. The van der Waals surface area contributed by atoms with Gasteiger partial charge >= 0.3 is 0 Å². The molecule has 134 valence electrons. The van der Waals surface area contributed by atoms with Crippen LogP contribution in [0.1, 0.15) is 64.2 Å². The summed E-state index contributed by atoms with van der Waals surface area (Å²) in [6, 6.07) is 7.99. The maximum Gasteiger partial charge on any atom is 0.119 e. The van der Waals surface area contributed by atoms with Gasteiger partial charge in [-0.25, -0.2) is 0 Å². The van der Waals surface area contributed by atoms with Crippen LogP contribution in [-0.4, -0.2) is 13.2 Å². The van der Waals surface area contributed by atoms with E-state index in [2.05, 4.69) is 13.2 Å². The summed E-state index contributed by atoms with van der Waals surface area (Å²) in [4.78, 5) is 0. The Morgan fingerprint density at radius 3 is 1.33 bits per heavy atom. The van der Waals surface area contributed by atoms with E-state index < -0.39 is 0 Å². The molecule has 2 nitrogen and oxygen atoms in total. The van der Waals surface area contributed by atoms with E-state index in [4.69, 9.17) is 9.47 Å². The van der Waals surface area contributed by atoms with Gasteiger partial charge in [0.05, 0.1) is 13.2 Å². The molecule has 0 fully saturated rings. The summed E-state index contributed by atoms with van der Waals surface area (Å²) < 4.78 is 11.5. The molecular weight excluding hydrogens is 296 g/mol. The predicted octanol–water partition coefficient (Wildman–Crippen LogP) is 6.72. The van der Waals surface area contributed by atoms with Crippen molar-refractivity contribution < 1.29 is 9.47 Å². The van der Waals surface area contributed by atoms with Crippen LogP contribution in [0.3, 0.4) is 0 Å². The molecule has 0 heterocycles. The van der Waals surface area contributed by atoms with Crippen LogP contribution in [0.4, 0.5) is 0 Å². The molecule has 0 unspecified atom stereocenters. The molecule has 2 heteroatoms. The van der Waals surface area contributed by atoms with E-state index in [0.29, 0.717) is 0 Å². The summed E-state index contributed by atoms with van der Waals surface area (Å²) in [5.41, 5.74) is 0.